The quantitative estimate of drug-likeness (QED) is 0.866. The Hall–Kier alpha value is -0.610. The zero-order chi connectivity index (χ0) is 16.1. The third-order valence-electron chi connectivity index (χ3n) is 6.24. The van der Waals surface area contributed by atoms with Gasteiger partial charge in [0, 0.05) is 32.1 Å². The monoisotopic (exact) mass is 321 g/mol. The summed E-state index contributed by atoms with van der Waals surface area (Å²) < 4.78 is 0. The largest absolute Gasteiger partial charge is 0.342 e. The number of hydrogen-bond acceptors (Lipinski definition) is 3. The number of nitrogens with two attached hydrogens (primary N) is 1. The van der Waals surface area contributed by atoms with Gasteiger partial charge in [-0.15, -0.1) is 0 Å². The molecule has 0 aromatic carbocycles. The van der Waals surface area contributed by atoms with Crippen LogP contribution in [0.5, 0.6) is 0 Å². The lowest BCUT2D eigenvalue weighted by Gasteiger charge is -2.36. The summed E-state index contributed by atoms with van der Waals surface area (Å²) in [6.45, 7) is 5.68. The van der Waals surface area contributed by atoms with E-state index in [1.807, 2.05) is 0 Å². The van der Waals surface area contributed by atoms with Crippen molar-refractivity contribution in [2.45, 2.75) is 70.3 Å². The highest BCUT2D eigenvalue weighted by atomic mass is 16.2. The minimum Gasteiger partial charge on any atom is -0.342 e. The van der Waals surface area contributed by atoms with Gasteiger partial charge in [0.25, 0.3) is 0 Å². The Morgan fingerprint density at radius 1 is 0.913 bits per heavy atom. The maximum absolute atomic E-state index is 12.6. The van der Waals surface area contributed by atoms with Gasteiger partial charge in [-0.05, 0) is 63.5 Å². The first-order valence-corrected chi connectivity index (χ1v) is 9.98. The highest BCUT2D eigenvalue weighted by Crippen LogP contribution is 2.28. The number of amides is 1. The van der Waals surface area contributed by atoms with Crippen molar-refractivity contribution < 1.29 is 4.79 Å². The smallest absolute Gasteiger partial charge is 0.222 e. The number of nitrogens with zero attached hydrogens (tertiary/aromatic N) is 2. The second kappa shape index (κ2) is 8.48. The minimum atomic E-state index is 0.261. The molecular formula is C19H35N3O. The van der Waals surface area contributed by atoms with Gasteiger partial charge in [0.05, 0.1) is 0 Å². The van der Waals surface area contributed by atoms with Crippen LogP contribution in [-0.4, -0.2) is 54.5 Å². The molecule has 1 saturated carbocycles. The summed E-state index contributed by atoms with van der Waals surface area (Å²) in [6.07, 6.45) is 12.1. The average Bonchev–Trinajstić information content (AvgIpc) is 2.80. The van der Waals surface area contributed by atoms with Gasteiger partial charge >= 0.3 is 0 Å². The van der Waals surface area contributed by atoms with E-state index >= 15 is 0 Å². The molecule has 3 fully saturated rings. The Labute approximate surface area is 141 Å². The molecule has 0 aromatic rings. The Kier molecular flexibility index (Phi) is 6.35. The lowest BCUT2D eigenvalue weighted by molar-refractivity contribution is -0.134. The number of carbonyl (C=O) groups excluding carboxylic acids is 1. The maximum Gasteiger partial charge on any atom is 0.222 e. The van der Waals surface area contributed by atoms with E-state index < -0.39 is 0 Å². The van der Waals surface area contributed by atoms with Gasteiger partial charge in [-0.25, -0.2) is 0 Å². The van der Waals surface area contributed by atoms with Crippen LogP contribution in [-0.2, 0) is 4.79 Å². The second-order valence-corrected chi connectivity index (χ2v) is 8.12. The van der Waals surface area contributed by atoms with Crippen molar-refractivity contribution in [1.82, 2.24) is 9.80 Å². The molecule has 3 rings (SSSR count). The first-order valence-electron chi connectivity index (χ1n) is 9.98. The van der Waals surface area contributed by atoms with Crippen LogP contribution in [0.1, 0.15) is 64.2 Å². The van der Waals surface area contributed by atoms with E-state index in [2.05, 4.69) is 9.80 Å². The lowest BCUT2D eigenvalue weighted by atomic mass is 9.95. The molecule has 0 aromatic heterocycles. The summed E-state index contributed by atoms with van der Waals surface area (Å²) in [4.78, 5) is 17.5. The topological polar surface area (TPSA) is 49.6 Å². The van der Waals surface area contributed by atoms with Crippen LogP contribution in [0.25, 0.3) is 0 Å². The van der Waals surface area contributed by atoms with Crippen LogP contribution in [0.4, 0.5) is 0 Å². The number of piperidine rings is 1. The highest BCUT2D eigenvalue weighted by Gasteiger charge is 2.30. The predicted molar refractivity (Wildman–Crippen MR) is 94.1 cm³/mol. The number of likely N-dealkylation sites (tertiary alicyclic amines) is 2. The maximum atomic E-state index is 12.6. The van der Waals surface area contributed by atoms with Gasteiger partial charge in [0.1, 0.15) is 0 Å². The Bertz CT molecular complexity index is 379. The van der Waals surface area contributed by atoms with Gasteiger partial charge in [0.2, 0.25) is 5.91 Å². The van der Waals surface area contributed by atoms with E-state index in [1.54, 1.807) is 0 Å². The molecule has 2 heterocycles. The summed E-state index contributed by atoms with van der Waals surface area (Å²) in [6, 6.07) is 0.261. The van der Waals surface area contributed by atoms with Crippen molar-refractivity contribution in [2.24, 2.45) is 17.6 Å². The molecule has 23 heavy (non-hydrogen) atoms. The second-order valence-electron chi connectivity index (χ2n) is 8.12. The first-order chi connectivity index (χ1) is 11.2. The molecular weight excluding hydrogens is 286 g/mol. The van der Waals surface area contributed by atoms with Gasteiger partial charge in [-0.1, -0.05) is 19.3 Å². The van der Waals surface area contributed by atoms with Crippen LogP contribution in [0, 0.1) is 11.8 Å². The molecule has 0 bridgehead atoms. The van der Waals surface area contributed by atoms with Crippen molar-refractivity contribution in [2.75, 3.05) is 32.7 Å². The molecule has 0 radical (unpaired) electrons. The molecule has 2 N–H and O–H groups in total. The lowest BCUT2D eigenvalue weighted by Crippen LogP contribution is -2.45. The van der Waals surface area contributed by atoms with Crippen molar-refractivity contribution in [3.05, 3.63) is 0 Å². The van der Waals surface area contributed by atoms with E-state index in [0.717, 1.165) is 25.9 Å². The Morgan fingerprint density at radius 2 is 1.70 bits per heavy atom. The van der Waals surface area contributed by atoms with Crippen LogP contribution in [0.15, 0.2) is 0 Å². The summed E-state index contributed by atoms with van der Waals surface area (Å²) in [5.41, 5.74) is 6.15. The average molecular weight is 322 g/mol. The molecule has 3 atom stereocenters. The zero-order valence-electron chi connectivity index (χ0n) is 14.7. The molecule has 1 aliphatic carbocycles. The fourth-order valence-corrected chi connectivity index (χ4v) is 4.80. The highest BCUT2D eigenvalue weighted by molar-refractivity contribution is 5.76. The molecule has 1 amide bonds. The molecule has 3 aliphatic rings. The van der Waals surface area contributed by atoms with Gasteiger partial charge in [0.15, 0.2) is 0 Å². The first kappa shape index (κ1) is 17.2. The third kappa shape index (κ3) is 4.93. The number of hydrogen-bond donors (Lipinski definition) is 1. The Morgan fingerprint density at radius 3 is 2.39 bits per heavy atom. The van der Waals surface area contributed by atoms with E-state index in [1.165, 1.54) is 64.6 Å². The molecule has 4 heteroatoms. The van der Waals surface area contributed by atoms with Crippen molar-refractivity contribution in [1.29, 1.82) is 0 Å². The molecule has 1 unspecified atom stereocenters. The van der Waals surface area contributed by atoms with Crippen LogP contribution >= 0.6 is 0 Å². The number of carbonyl (C=O) groups is 1. The van der Waals surface area contributed by atoms with Gasteiger partial charge in [-0.2, -0.15) is 0 Å². The summed E-state index contributed by atoms with van der Waals surface area (Å²) >= 11 is 0. The summed E-state index contributed by atoms with van der Waals surface area (Å²) in [5, 5.41) is 0. The van der Waals surface area contributed by atoms with E-state index in [-0.39, 0.29) is 6.04 Å². The minimum absolute atomic E-state index is 0.261. The van der Waals surface area contributed by atoms with Gasteiger partial charge in [-0.3, -0.25) is 4.79 Å². The zero-order valence-corrected chi connectivity index (χ0v) is 14.7. The van der Waals surface area contributed by atoms with Crippen LogP contribution < -0.4 is 5.73 Å². The third-order valence-corrected chi connectivity index (χ3v) is 6.24. The van der Waals surface area contributed by atoms with Gasteiger partial charge < -0.3 is 15.5 Å². The normalized spacial score (nSPS) is 33.6. The fraction of sp³-hybridized carbons (Fsp3) is 0.947. The molecule has 0 spiro atoms. The molecule has 4 nitrogen and oxygen atoms in total. The van der Waals surface area contributed by atoms with E-state index in [4.69, 9.17) is 5.73 Å². The van der Waals surface area contributed by atoms with Crippen LogP contribution in [0.3, 0.4) is 0 Å². The molecule has 132 valence electrons. The number of rotatable bonds is 4. The fourth-order valence-electron chi connectivity index (χ4n) is 4.80. The van der Waals surface area contributed by atoms with E-state index in [0.29, 0.717) is 24.2 Å². The molecule has 2 aliphatic heterocycles. The summed E-state index contributed by atoms with van der Waals surface area (Å²) in [7, 11) is 0. The summed E-state index contributed by atoms with van der Waals surface area (Å²) in [5.74, 6) is 1.49. The van der Waals surface area contributed by atoms with Crippen molar-refractivity contribution in [3.8, 4) is 0 Å². The standard InChI is InChI=1S/C19H35N3O/c20-18-9-5-8-17(18)13-19(23)22-12-6-7-16(15-22)14-21-10-3-1-2-4-11-21/h16-18H,1-15,20H2/t16?,17-,18+/m0/s1. The van der Waals surface area contributed by atoms with Crippen molar-refractivity contribution >= 4 is 5.91 Å². The van der Waals surface area contributed by atoms with Crippen LogP contribution in [0.2, 0.25) is 0 Å². The Balaban J connectivity index is 1.46. The van der Waals surface area contributed by atoms with Crippen molar-refractivity contribution in [3.63, 3.8) is 0 Å². The predicted octanol–water partition coefficient (Wildman–Crippen LogP) is 2.62. The molecule has 2 saturated heterocycles. The SMILES string of the molecule is N[C@@H]1CCC[C@H]1CC(=O)N1CCCC(CN2CCCCCC2)C1. The van der Waals surface area contributed by atoms with E-state index in [9.17, 15) is 4.79 Å².